The van der Waals surface area contributed by atoms with Crippen molar-refractivity contribution in [3.63, 3.8) is 0 Å². The summed E-state index contributed by atoms with van der Waals surface area (Å²) in [5, 5.41) is 16.7. The maximum Gasteiger partial charge on any atom is 0.287 e. The summed E-state index contributed by atoms with van der Waals surface area (Å²) in [5.41, 5.74) is 3.97. The lowest BCUT2D eigenvalue weighted by Gasteiger charge is -2.10. The van der Waals surface area contributed by atoms with Gasteiger partial charge in [0.05, 0.1) is 17.3 Å². The first kappa shape index (κ1) is 24.8. The van der Waals surface area contributed by atoms with Crippen LogP contribution in [-0.4, -0.2) is 36.5 Å². The van der Waals surface area contributed by atoms with Crippen LogP contribution in [-0.2, 0) is 4.79 Å². The van der Waals surface area contributed by atoms with Gasteiger partial charge in [0, 0.05) is 5.56 Å². The Labute approximate surface area is 215 Å². The Morgan fingerprint density at radius 1 is 1.08 bits per heavy atom. The molecule has 0 saturated carbocycles. The molecule has 3 aromatic carbocycles. The van der Waals surface area contributed by atoms with Crippen molar-refractivity contribution in [2.24, 2.45) is 5.10 Å². The van der Waals surface area contributed by atoms with Gasteiger partial charge in [-0.15, -0.1) is 0 Å². The summed E-state index contributed by atoms with van der Waals surface area (Å²) < 4.78 is 16.5. The van der Waals surface area contributed by atoms with E-state index in [1.807, 2.05) is 0 Å². The summed E-state index contributed by atoms with van der Waals surface area (Å²) >= 11 is 3.26. The number of hydrogen-bond donors (Lipinski definition) is 3. The molecular formula is C26H22BrN3O6. The van der Waals surface area contributed by atoms with Gasteiger partial charge in [0.2, 0.25) is 6.79 Å². The van der Waals surface area contributed by atoms with Crippen molar-refractivity contribution in [3.8, 4) is 23.0 Å². The smallest absolute Gasteiger partial charge is 0.287 e. The van der Waals surface area contributed by atoms with Crippen molar-refractivity contribution in [2.75, 3.05) is 13.4 Å². The maximum atomic E-state index is 13.0. The molecule has 0 unspecified atom stereocenters. The number of nitrogens with one attached hydrogen (secondary N) is 2. The average molecular weight is 552 g/mol. The van der Waals surface area contributed by atoms with Crippen LogP contribution in [0.4, 0.5) is 0 Å². The molecule has 0 spiro atoms. The number of carbonyl (C=O) groups is 2. The Bertz CT molecular complexity index is 1340. The standard InChI is InChI=1S/C26H22BrN3O6/c1-2-34-23-13-17(10-19(27)24(23)31)14-28-30-26(33)20(29-25(32)18-6-4-3-5-7-18)11-16-8-9-21-22(12-16)36-15-35-21/h3-14,31H,2,15H2,1H3,(H,29,32)(H,30,33)/b20-11?,28-14+. The topological polar surface area (TPSA) is 118 Å². The number of fused-ring (bicyclic) bond motifs is 1. The Balaban J connectivity index is 1.56. The van der Waals surface area contributed by atoms with E-state index in [-0.39, 0.29) is 24.0 Å². The highest BCUT2D eigenvalue weighted by Crippen LogP contribution is 2.35. The van der Waals surface area contributed by atoms with E-state index in [1.165, 1.54) is 12.3 Å². The highest BCUT2D eigenvalue weighted by atomic mass is 79.9. The number of hydrogen-bond acceptors (Lipinski definition) is 7. The van der Waals surface area contributed by atoms with Crippen molar-refractivity contribution in [3.05, 3.63) is 87.5 Å². The number of phenols is 1. The molecular weight excluding hydrogens is 530 g/mol. The molecule has 9 nitrogen and oxygen atoms in total. The highest BCUT2D eigenvalue weighted by Gasteiger charge is 2.17. The van der Waals surface area contributed by atoms with E-state index in [1.54, 1.807) is 67.6 Å². The summed E-state index contributed by atoms with van der Waals surface area (Å²) in [5.74, 6) is 0.289. The fraction of sp³-hybridized carbons (Fsp3) is 0.115. The fourth-order valence-corrected chi connectivity index (χ4v) is 3.73. The van der Waals surface area contributed by atoms with E-state index >= 15 is 0 Å². The molecule has 10 heteroatoms. The van der Waals surface area contributed by atoms with E-state index in [0.29, 0.717) is 39.3 Å². The van der Waals surface area contributed by atoms with Crippen molar-refractivity contribution < 1.29 is 28.9 Å². The number of phenolic OH excluding ortho intramolecular Hbond substituents is 1. The predicted molar refractivity (Wildman–Crippen MR) is 137 cm³/mol. The van der Waals surface area contributed by atoms with Gasteiger partial charge in [-0.25, -0.2) is 5.43 Å². The van der Waals surface area contributed by atoms with E-state index in [9.17, 15) is 14.7 Å². The normalized spacial score (nSPS) is 12.4. The highest BCUT2D eigenvalue weighted by molar-refractivity contribution is 9.10. The van der Waals surface area contributed by atoms with E-state index in [4.69, 9.17) is 14.2 Å². The molecule has 184 valence electrons. The summed E-state index contributed by atoms with van der Waals surface area (Å²) in [6.45, 7) is 2.28. The summed E-state index contributed by atoms with van der Waals surface area (Å²) in [6.07, 6.45) is 2.90. The van der Waals surface area contributed by atoms with Gasteiger partial charge in [0.1, 0.15) is 5.70 Å². The van der Waals surface area contributed by atoms with Crippen molar-refractivity contribution in [2.45, 2.75) is 6.92 Å². The Kier molecular flexibility index (Phi) is 7.86. The first-order chi connectivity index (χ1) is 17.4. The average Bonchev–Trinajstić information content (AvgIpc) is 3.35. The third-order valence-corrected chi connectivity index (χ3v) is 5.57. The van der Waals surface area contributed by atoms with Crippen molar-refractivity contribution in [1.29, 1.82) is 0 Å². The Hall–Kier alpha value is -4.31. The number of nitrogens with zero attached hydrogens (tertiary/aromatic N) is 1. The Morgan fingerprint density at radius 3 is 2.64 bits per heavy atom. The monoisotopic (exact) mass is 551 g/mol. The Morgan fingerprint density at radius 2 is 1.86 bits per heavy atom. The quantitative estimate of drug-likeness (QED) is 0.219. The summed E-state index contributed by atoms with van der Waals surface area (Å²) in [4.78, 5) is 25.7. The van der Waals surface area contributed by atoms with E-state index in [2.05, 4.69) is 31.8 Å². The van der Waals surface area contributed by atoms with Crippen LogP contribution < -0.4 is 25.0 Å². The zero-order valence-corrected chi connectivity index (χ0v) is 20.7. The molecule has 0 saturated heterocycles. The van der Waals surface area contributed by atoms with Crippen LogP contribution in [0.5, 0.6) is 23.0 Å². The maximum absolute atomic E-state index is 13.0. The van der Waals surface area contributed by atoms with Gasteiger partial charge in [-0.05, 0) is 76.5 Å². The third-order valence-electron chi connectivity index (χ3n) is 4.97. The molecule has 4 rings (SSSR count). The van der Waals surface area contributed by atoms with Crippen LogP contribution in [0, 0.1) is 0 Å². The number of carbonyl (C=O) groups excluding carboxylic acids is 2. The zero-order chi connectivity index (χ0) is 25.5. The van der Waals surface area contributed by atoms with Gasteiger partial charge in [-0.2, -0.15) is 5.10 Å². The number of benzene rings is 3. The van der Waals surface area contributed by atoms with Gasteiger partial charge in [-0.1, -0.05) is 24.3 Å². The number of halogens is 1. The van der Waals surface area contributed by atoms with Crippen LogP contribution in [0.2, 0.25) is 0 Å². The molecule has 0 aromatic heterocycles. The molecule has 2 amide bonds. The van der Waals surface area contributed by atoms with Crippen LogP contribution in [0.25, 0.3) is 6.08 Å². The second-order valence-corrected chi connectivity index (χ2v) is 8.33. The molecule has 3 aromatic rings. The van der Waals surface area contributed by atoms with E-state index < -0.39 is 11.8 Å². The molecule has 3 N–H and O–H groups in total. The lowest BCUT2D eigenvalue weighted by Crippen LogP contribution is -2.32. The van der Waals surface area contributed by atoms with Crippen LogP contribution in [0.3, 0.4) is 0 Å². The lowest BCUT2D eigenvalue weighted by molar-refractivity contribution is -0.117. The third kappa shape index (κ3) is 6.02. The molecule has 0 radical (unpaired) electrons. The minimum atomic E-state index is -0.643. The van der Waals surface area contributed by atoms with Gasteiger partial charge >= 0.3 is 0 Å². The molecule has 36 heavy (non-hydrogen) atoms. The van der Waals surface area contributed by atoms with Crippen LogP contribution >= 0.6 is 15.9 Å². The molecule has 1 aliphatic rings. The fourth-order valence-electron chi connectivity index (χ4n) is 3.27. The molecule has 0 aliphatic carbocycles. The van der Waals surface area contributed by atoms with Gasteiger partial charge in [-0.3, -0.25) is 9.59 Å². The van der Waals surface area contributed by atoms with Crippen LogP contribution in [0.15, 0.2) is 75.9 Å². The largest absolute Gasteiger partial charge is 0.503 e. The number of hydrazone groups is 1. The number of ether oxygens (including phenoxy) is 3. The minimum absolute atomic E-state index is 0.0261. The van der Waals surface area contributed by atoms with Gasteiger partial charge in [0.25, 0.3) is 11.8 Å². The second-order valence-electron chi connectivity index (χ2n) is 7.47. The minimum Gasteiger partial charge on any atom is -0.503 e. The van der Waals surface area contributed by atoms with Gasteiger partial charge < -0.3 is 24.6 Å². The molecule has 0 bridgehead atoms. The van der Waals surface area contributed by atoms with E-state index in [0.717, 1.165) is 0 Å². The molecule has 0 atom stereocenters. The predicted octanol–water partition coefficient (Wildman–Crippen LogP) is 4.20. The molecule has 0 fully saturated rings. The number of aromatic hydroxyl groups is 1. The number of amides is 2. The van der Waals surface area contributed by atoms with Crippen LogP contribution in [0.1, 0.15) is 28.4 Å². The summed E-state index contributed by atoms with van der Waals surface area (Å²) in [6, 6.07) is 16.9. The van der Waals surface area contributed by atoms with Crippen molar-refractivity contribution in [1.82, 2.24) is 10.7 Å². The number of rotatable bonds is 8. The van der Waals surface area contributed by atoms with Crippen molar-refractivity contribution >= 4 is 40.0 Å². The second kappa shape index (κ2) is 11.4. The molecule has 1 heterocycles. The van der Waals surface area contributed by atoms with Gasteiger partial charge in [0.15, 0.2) is 23.0 Å². The summed E-state index contributed by atoms with van der Waals surface area (Å²) in [7, 11) is 0. The first-order valence-electron chi connectivity index (χ1n) is 10.9. The first-order valence-corrected chi connectivity index (χ1v) is 11.7. The zero-order valence-electron chi connectivity index (χ0n) is 19.2. The molecule has 1 aliphatic heterocycles. The lowest BCUT2D eigenvalue weighted by atomic mass is 10.1. The SMILES string of the molecule is CCOc1cc(/C=N/NC(=O)C(=Cc2ccc3c(c2)OCO3)NC(=O)c2ccccc2)cc(Br)c1O.